The zero-order chi connectivity index (χ0) is 21.1. The standard InChI is InChI=1S/C22H27N5O3/c1-22(2,3)30-21(28)26(13-16-9-5-4-6-10-16)19-18-20(24-14-23-19)27(15-25-18)17-11-7-8-12-29-17/h4-6,9-10,14-15,17H,7-8,11-13H2,1-3H3. The summed E-state index contributed by atoms with van der Waals surface area (Å²) in [5.74, 6) is 0.424. The number of carbonyl (C=O) groups is 1. The Hall–Kier alpha value is -3.00. The molecule has 8 nitrogen and oxygen atoms in total. The Morgan fingerprint density at radius 2 is 2.00 bits per heavy atom. The summed E-state index contributed by atoms with van der Waals surface area (Å²) in [6.07, 6.45) is 5.67. The first-order valence-corrected chi connectivity index (χ1v) is 10.3. The summed E-state index contributed by atoms with van der Waals surface area (Å²) >= 11 is 0. The molecule has 0 spiro atoms. The van der Waals surface area contributed by atoms with Gasteiger partial charge in [-0.3, -0.25) is 9.47 Å². The minimum atomic E-state index is -0.631. The maximum absolute atomic E-state index is 13.1. The SMILES string of the molecule is CC(C)(C)OC(=O)N(Cc1ccccc1)c1ncnc2c1ncn2C1CCCCO1. The molecule has 158 valence electrons. The van der Waals surface area contributed by atoms with E-state index in [0.29, 0.717) is 23.5 Å². The van der Waals surface area contributed by atoms with E-state index >= 15 is 0 Å². The summed E-state index contributed by atoms with van der Waals surface area (Å²) in [6, 6.07) is 9.74. The van der Waals surface area contributed by atoms with Crippen LogP contribution in [0.4, 0.5) is 10.6 Å². The lowest BCUT2D eigenvalue weighted by Gasteiger charge is -2.27. The second kappa shape index (κ2) is 8.39. The predicted molar refractivity (Wildman–Crippen MR) is 113 cm³/mol. The predicted octanol–water partition coefficient (Wildman–Crippen LogP) is 4.47. The molecule has 0 radical (unpaired) electrons. The summed E-state index contributed by atoms with van der Waals surface area (Å²) in [7, 11) is 0. The maximum Gasteiger partial charge on any atom is 0.416 e. The average molecular weight is 409 g/mol. The molecule has 30 heavy (non-hydrogen) atoms. The number of rotatable bonds is 4. The van der Waals surface area contributed by atoms with Crippen molar-refractivity contribution < 1.29 is 14.3 Å². The van der Waals surface area contributed by atoms with Gasteiger partial charge >= 0.3 is 6.09 Å². The van der Waals surface area contributed by atoms with Crippen LogP contribution in [-0.4, -0.2) is 37.8 Å². The van der Waals surface area contributed by atoms with Gasteiger partial charge in [0.2, 0.25) is 0 Å². The summed E-state index contributed by atoms with van der Waals surface area (Å²) in [5, 5.41) is 0. The van der Waals surface area contributed by atoms with Crippen molar-refractivity contribution in [3.8, 4) is 0 Å². The van der Waals surface area contributed by atoms with E-state index in [1.165, 1.54) is 11.2 Å². The Morgan fingerprint density at radius 3 is 2.70 bits per heavy atom. The molecule has 1 atom stereocenters. The van der Waals surface area contributed by atoms with E-state index in [-0.39, 0.29) is 6.23 Å². The minimum absolute atomic E-state index is 0.101. The number of imidazole rings is 1. The number of carbonyl (C=O) groups excluding carboxylic acids is 1. The van der Waals surface area contributed by atoms with Crippen LogP contribution in [-0.2, 0) is 16.0 Å². The number of anilines is 1. The third-order valence-electron chi connectivity index (χ3n) is 4.86. The van der Waals surface area contributed by atoms with Gasteiger partial charge in [-0.15, -0.1) is 0 Å². The number of aromatic nitrogens is 4. The van der Waals surface area contributed by atoms with Gasteiger partial charge < -0.3 is 9.47 Å². The molecule has 1 aromatic carbocycles. The fourth-order valence-electron chi connectivity index (χ4n) is 3.50. The van der Waals surface area contributed by atoms with E-state index in [9.17, 15) is 4.79 Å². The first-order chi connectivity index (χ1) is 14.4. The van der Waals surface area contributed by atoms with Gasteiger partial charge in [-0.2, -0.15) is 0 Å². The third-order valence-corrected chi connectivity index (χ3v) is 4.86. The average Bonchev–Trinajstić information content (AvgIpc) is 3.16. The van der Waals surface area contributed by atoms with Crippen LogP contribution in [0.25, 0.3) is 11.2 Å². The molecular formula is C22H27N5O3. The zero-order valence-corrected chi connectivity index (χ0v) is 17.6. The molecule has 1 fully saturated rings. The lowest BCUT2D eigenvalue weighted by Crippen LogP contribution is -2.37. The van der Waals surface area contributed by atoms with E-state index in [0.717, 1.165) is 31.4 Å². The summed E-state index contributed by atoms with van der Waals surface area (Å²) in [4.78, 5) is 28.0. The molecule has 1 amide bonds. The van der Waals surface area contributed by atoms with Gasteiger partial charge in [0.25, 0.3) is 0 Å². The van der Waals surface area contributed by atoms with Gasteiger partial charge in [-0.05, 0) is 45.6 Å². The van der Waals surface area contributed by atoms with Crippen molar-refractivity contribution in [3.05, 3.63) is 48.5 Å². The molecule has 1 unspecified atom stereocenters. The summed E-state index contributed by atoms with van der Waals surface area (Å²) < 4.78 is 13.5. The number of fused-ring (bicyclic) bond motifs is 1. The van der Waals surface area contributed by atoms with Crippen LogP contribution in [0.1, 0.15) is 51.8 Å². The van der Waals surface area contributed by atoms with E-state index < -0.39 is 11.7 Å². The molecular weight excluding hydrogens is 382 g/mol. The van der Waals surface area contributed by atoms with Crippen LogP contribution in [0.2, 0.25) is 0 Å². The smallest absolute Gasteiger partial charge is 0.416 e. The highest BCUT2D eigenvalue weighted by Crippen LogP contribution is 2.30. The van der Waals surface area contributed by atoms with Gasteiger partial charge in [0.1, 0.15) is 18.2 Å². The quantitative estimate of drug-likeness (QED) is 0.632. The normalized spacial score (nSPS) is 17.1. The van der Waals surface area contributed by atoms with Crippen molar-refractivity contribution >= 4 is 23.1 Å². The fourth-order valence-corrected chi connectivity index (χ4v) is 3.50. The molecule has 0 bridgehead atoms. The topological polar surface area (TPSA) is 82.4 Å². The second-order valence-corrected chi connectivity index (χ2v) is 8.39. The Kier molecular flexibility index (Phi) is 5.67. The van der Waals surface area contributed by atoms with Gasteiger partial charge in [0.05, 0.1) is 12.9 Å². The largest absolute Gasteiger partial charge is 0.443 e. The Labute approximate surface area is 175 Å². The third kappa shape index (κ3) is 4.43. The molecule has 0 N–H and O–H groups in total. The van der Waals surface area contributed by atoms with E-state index in [1.54, 1.807) is 6.33 Å². The van der Waals surface area contributed by atoms with Crippen LogP contribution in [0.3, 0.4) is 0 Å². The highest BCUT2D eigenvalue weighted by molar-refractivity contribution is 5.95. The molecule has 0 saturated carbocycles. The highest BCUT2D eigenvalue weighted by atomic mass is 16.6. The molecule has 0 aliphatic carbocycles. The molecule has 1 saturated heterocycles. The summed E-state index contributed by atoms with van der Waals surface area (Å²) in [6.45, 7) is 6.57. The van der Waals surface area contributed by atoms with Gasteiger partial charge in [0, 0.05) is 6.61 Å². The Bertz CT molecular complexity index is 1010. The molecule has 8 heteroatoms. The molecule has 3 heterocycles. The van der Waals surface area contributed by atoms with Gasteiger partial charge in [-0.1, -0.05) is 30.3 Å². The van der Waals surface area contributed by atoms with E-state index in [1.807, 2.05) is 55.7 Å². The van der Waals surface area contributed by atoms with Gasteiger partial charge in [0.15, 0.2) is 17.0 Å². The highest BCUT2D eigenvalue weighted by Gasteiger charge is 2.28. The number of hydrogen-bond donors (Lipinski definition) is 0. The fraction of sp³-hybridized carbons (Fsp3) is 0.455. The first-order valence-electron chi connectivity index (χ1n) is 10.3. The van der Waals surface area contributed by atoms with Crippen LogP contribution >= 0.6 is 0 Å². The van der Waals surface area contributed by atoms with Crippen molar-refractivity contribution in [2.45, 2.75) is 58.4 Å². The van der Waals surface area contributed by atoms with Crippen molar-refractivity contribution in [2.24, 2.45) is 0 Å². The number of ether oxygens (including phenoxy) is 2. The van der Waals surface area contributed by atoms with E-state index in [2.05, 4.69) is 15.0 Å². The van der Waals surface area contributed by atoms with Crippen LogP contribution < -0.4 is 4.90 Å². The monoisotopic (exact) mass is 409 g/mol. The molecule has 2 aromatic heterocycles. The first kappa shape index (κ1) is 20.3. The summed E-state index contributed by atoms with van der Waals surface area (Å²) in [5.41, 5.74) is 1.53. The van der Waals surface area contributed by atoms with Crippen LogP contribution in [0.15, 0.2) is 43.0 Å². The van der Waals surface area contributed by atoms with Crippen molar-refractivity contribution in [1.82, 2.24) is 19.5 Å². The number of nitrogens with zero attached hydrogens (tertiary/aromatic N) is 5. The van der Waals surface area contributed by atoms with Crippen LogP contribution in [0, 0.1) is 0 Å². The Morgan fingerprint density at radius 1 is 1.20 bits per heavy atom. The molecule has 1 aliphatic heterocycles. The minimum Gasteiger partial charge on any atom is -0.443 e. The second-order valence-electron chi connectivity index (χ2n) is 8.39. The molecule has 1 aliphatic rings. The van der Waals surface area contributed by atoms with E-state index in [4.69, 9.17) is 9.47 Å². The van der Waals surface area contributed by atoms with Crippen molar-refractivity contribution in [3.63, 3.8) is 0 Å². The lowest BCUT2D eigenvalue weighted by atomic mass is 10.2. The number of amides is 1. The maximum atomic E-state index is 13.1. The molecule has 3 aromatic rings. The zero-order valence-electron chi connectivity index (χ0n) is 17.6. The van der Waals surface area contributed by atoms with Gasteiger partial charge in [-0.25, -0.2) is 19.7 Å². The molecule has 4 rings (SSSR count). The lowest BCUT2D eigenvalue weighted by molar-refractivity contribution is -0.0298. The Balaban J connectivity index is 1.74. The van der Waals surface area contributed by atoms with Crippen LogP contribution in [0.5, 0.6) is 0 Å². The van der Waals surface area contributed by atoms with Crippen molar-refractivity contribution in [2.75, 3.05) is 11.5 Å². The van der Waals surface area contributed by atoms with Crippen molar-refractivity contribution in [1.29, 1.82) is 0 Å². The number of hydrogen-bond acceptors (Lipinski definition) is 6. The number of benzene rings is 1.